The van der Waals surface area contributed by atoms with Gasteiger partial charge in [0.2, 0.25) is 0 Å². The van der Waals surface area contributed by atoms with Gasteiger partial charge in [0.05, 0.1) is 15.9 Å². The number of benzene rings is 2. The molecule has 4 rings (SSSR count). The van der Waals surface area contributed by atoms with Crippen LogP contribution in [0, 0.1) is 6.92 Å². The smallest absolute Gasteiger partial charge is 0.271 e. The van der Waals surface area contributed by atoms with Crippen molar-refractivity contribution < 1.29 is 4.79 Å². The van der Waals surface area contributed by atoms with E-state index in [0.717, 1.165) is 32.1 Å². The molecule has 2 aromatic heterocycles. The summed E-state index contributed by atoms with van der Waals surface area (Å²) in [6.45, 7) is 1.92. The first kappa shape index (κ1) is 18.5. The van der Waals surface area contributed by atoms with Crippen molar-refractivity contribution in [2.75, 3.05) is 5.32 Å². The minimum absolute atomic E-state index is 0.0974. The van der Waals surface area contributed by atoms with Crippen molar-refractivity contribution >= 4 is 45.7 Å². The highest BCUT2D eigenvalue weighted by Gasteiger charge is 2.11. The summed E-state index contributed by atoms with van der Waals surface area (Å²) >= 11 is 2.96. The van der Waals surface area contributed by atoms with Crippen molar-refractivity contribution in [2.45, 2.75) is 17.6 Å². The summed E-state index contributed by atoms with van der Waals surface area (Å²) in [6.07, 6.45) is 0. The molecule has 0 saturated heterocycles. The summed E-state index contributed by atoms with van der Waals surface area (Å²) in [6, 6.07) is 17.0. The molecule has 0 fully saturated rings. The zero-order valence-corrected chi connectivity index (χ0v) is 16.7. The first-order valence-electron chi connectivity index (χ1n) is 8.66. The molecule has 7 heteroatoms. The molecule has 0 spiro atoms. The highest BCUT2D eigenvalue weighted by molar-refractivity contribution is 7.98. The Morgan fingerprint density at radius 2 is 1.93 bits per heavy atom. The topological polar surface area (TPSA) is 74.8 Å². The first-order valence-corrected chi connectivity index (χ1v) is 10.5. The quantitative estimate of drug-likeness (QED) is 0.464. The zero-order chi connectivity index (χ0) is 19.5. The van der Waals surface area contributed by atoms with E-state index in [2.05, 4.69) is 15.3 Å². The summed E-state index contributed by atoms with van der Waals surface area (Å²) in [5, 5.41) is 4.82. The molecule has 0 radical (unpaired) electrons. The molecular formula is C21H17N3O2S2. The Hall–Kier alpha value is -2.90. The van der Waals surface area contributed by atoms with E-state index in [0.29, 0.717) is 11.4 Å². The van der Waals surface area contributed by atoms with Crippen LogP contribution >= 0.6 is 23.1 Å². The number of para-hydroxylation sites is 2. The van der Waals surface area contributed by atoms with Gasteiger partial charge in [-0.05, 0) is 60.3 Å². The Morgan fingerprint density at radius 3 is 2.68 bits per heavy atom. The highest BCUT2D eigenvalue weighted by Crippen LogP contribution is 2.24. The number of aryl methyl sites for hydroxylation is 1. The van der Waals surface area contributed by atoms with Crippen LogP contribution in [0.3, 0.4) is 0 Å². The lowest BCUT2D eigenvalue weighted by molar-refractivity contribution is 0.103. The second-order valence-electron chi connectivity index (χ2n) is 6.23. The second-order valence-corrected chi connectivity index (χ2v) is 8.19. The number of hydrogen-bond donors (Lipinski definition) is 2. The Labute approximate surface area is 169 Å². The molecule has 2 aromatic carbocycles. The van der Waals surface area contributed by atoms with E-state index >= 15 is 0 Å². The average Bonchev–Trinajstić information content (AvgIpc) is 3.13. The molecule has 28 heavy (non-hydrogen) atoms. The number of thiophene rings is 1. The van der Waals surface area contributed by atoms with Gasteiger partial charge in [-0.15, -0.1) is 23.1 Å². The maximum absolute atomic E-state index is 12.3. The van der Waals surface area contributed by atoms with Gasteiger partial charge in [-0.1, -0.05) is 12.1 Å². The lowest BCUT2D eigenvalue weighted by atomic mass is 10.2. The van der Waals surface area contributed by atoms with Crippen molar-refractivity contribution in [3.8, 4) is 0 Å². The minimum Gasteiger partial charge on any atom is -0.321 e. The standard InChI is InChI=1S/C21H17N3O2S2/c1-13-10-11-27-19(13)21(26)22-14-6-8-15(9-7-14)28-12-18-20(25)24-17-5-3-2-4-16(17)23-18/h2-11H,12H2,1H3,(H,22,26)(H,24,25). The van der Waals surface area contributed by atoms with Gasteiger partial charge in [0.1, 0.15) is 5.69 Å². The van der Waals surface area contributed by atoms with Crippen molar-refractivity contribution in [3.63, 3.8) is 0 Å². The Bertz CT molecular complexity index is 1200. The number of amides is 1. The molecular weight excluding hydrogens is 390 g/mol. The number of hydrogen-bond acceptors (Lipinski definition) is 5. The fourth-order valence-electron chi connectivity index (χ4n) is 2.74. The van der Waals surface area contributed by atoms with E-state index in [1.807, 2.05) is 66.9 Å². The number of anilines is 1. The molecule has 0 bridgehead atoms. The summed E-state index contributed by atoms with van der Waals surface area (Å²) in [7, 11) is 0. The number of nitrogens with one attached hydrogen (secondary N) is 2. The van der Waals surface area contributed by atoms with Gasteiger partial charge in [-0.3, -0.25) is 9.59 Å². The van der Waals surface area contributed by atoms with Crippen LogP contribution < -0.4 is 10.9 Å². The van der Waals surface area contributed by atoms with E-state index in [9.17, 15) is 9.59 Å². The monoisotopic (exact) mass is 407 g/mol. The summed E-state index contributed by atoms with van der Waals surface area (Å²) in [5.74, 6) is 0.375. The highest BCUT2D eigenvalue weighted by atomic mass is 32.2. The van der Waals surface area contributed by atoms with Gasteiger partial charge in [-0.2, -0.15) is 0 Å². The number of carbonyl (C=O) groups excluding carboxylic acids is 1. The van der Waals surface area contributed by atoms with E-state index in [1.54, 1.807) is 0 Å². The summed E-state index contributed by atoms with van der Waals surface area (Å²) in [5.41, 5.74) is 3.56. The fourth-order valence-corrected chi connectivity index (χ4v) is 4.39. The van der Waals surface area contributed by atoms with Crippen LogP contribution in [0.25, 0.3) is 11.0 Å². The van der Waals surface area contributed by atoms with Crippen LogP contribution in [-0.4, -0.2) is 15.9 Å². The van der Waals surface area contributed by atoms with Crippen LogP contribution in [0.4, 0.5) is 5.69 Å². The number of nitrogens with zero attached hydrogens (tertiary/aromatic N) is 1. The van der Waals surface area contributed by atoms with Crippen molar-refractivity contribution in [2.24, 2.45) is 0 Å². The summed E-state index contributed by atoms with van der Waals surface area (Å²) in [4.78, 5) is 33.5. The fraction of sp³-hybridized carbons (Fsp3) is 0.0952. The maximum Gasteiger partial charge on any atom is 0.271 e. The molecule has 0 unspecified atom stereocenters. The molecule has 1 amide bonds. The molecule has 0 atom stereocenters. The second kappa shape index (κ2) is 8.00. The van der Waals surface area contributed by atoms with E-state index < -0.39 is 0 Å². The molecule has 5 nitrogen and oxygen atoms in total. The third-order valence-electron chi connectivity index (χ3n) is 4.23. The number of rotatable bonds is 5. The normalized spacial score (nSPS) is 10.9. The SMILES string of the molecule is Cc1ccsc1C(=O)Nc1ccc(SCc2nc3ccccc3[nH]c2=O)cc1. The predicted molar refractivity (Wildman–Crippen MR) is 115 cm³/mol. The van der Waals surface area contributed by atoms with Gasteiger partial charge in [0, 0.05) is 16.3 Å². The third kappa shape index (κ3) is 4.00. The Morgan fingerprint density at radius 1 is 1.14 bits per heavy atom. The van der Waals surface area contributed by atoms with E-state index in [4.69, 9.17) is 0 Å². The Balaban J connectivity index is 1.42. The lowest BCUT2D eigenvalue weighted by Gasteiger charge is -2.06. The van der Waals surface area contributed by atoms with Gasteiger partial charge >= 0.3 is 0 Å². The van der Waals surface area contributed by atoms with E-state index in [-0.39, 0.29) is 11.5 Å². The molecule has 2 heterocycles. The third-order valence-corrected chi connectivity index (χ3v) is 6.26. The molecule has 0 saturated carbocycles. The van der Waals surface area contributed by atoms with Crippen LogP contribution in [0.1, 0.15) is 20.9 Å². The maximum atomic E-state index is 12.3. The minimum atomic E-state index is -0.165. The lowest BCUT2D eigenvalue weighted by Crippen LogP contribution is -2.14. The van der Waals surface area contributed by atoms with Crippen molar-refractivity contribution in [1.82, 2.24) is 9.97 Å². The first-order chi connectivity index (χ1) is 13.6. The van der Waals surface area contributed by atoms with Crippen LogP contribution in [-0.2, 0) is 5.75 Å². The number of fused-ring (bicyclic) bond motifs is 1. The van der Waals surface area contributed by atoms with Gasteiger partial charge in [-0.25, -0.2) is 4.98 Å². The molecule has 140 valence electrons. The van der Waals surface area contributed by atoms with Gasteiger partial charge in [0.15, 0.2) is 0 Å². The van der Waals surface area contributed by atoms with Crippen molar-refractivity contribution in [1.29, 1.82) is 0 Å². The molecule has 0 aliphatic rings. The molecule has 0 aliphatic carbocycles. The molecule has 0 aliphatic heterocycles. The van der Waals surface area contributed by atoms with Gasteiger partial charge < -0.3 is 10.3 Å². The average molecular weight is 408 g/mol. The van der Waals surface area contributed by atoms with Crippen LogP contribution in [0.5, 0.6) is 0 Å². The van der Waals surface area contributed by atoms with Crippen LogP contribution in [0.15, 0.2) is 69.7 Å². The summed E-state index contributed by atoms with van der Waals surface area (Å²) < 4.78 is 0. The molecule has 4 aromatic rings. The number of aromatic nitrogens is 2. The predicted octanol–water partition coefficient (Wildman–Crippen LogP) is 4.84. The number of carbonyl (C=O) groups is 1. The number of H-pyrrole nitrogens is 1. The number of thioether (sulfide) groups is 1. The zero-order valence-electron chi connectivity index (χ0n) is 15.1. The van der Waals surface area contributed by atoms with Crippen LogP contribution in [0.2, 0.25) is 0 Å². The van der Waals surface area contributed by atoms with E-state index in [1.165, 1.54) is 23.1 Å². The largest absolute Gasteiger partial charge is 0.321 e. The van der Waals surface area contributed by atoms with Gasteiger partial charge in [0.25, 0.3) is 11.5 Å². The Kier molecular flexibility index (Phi) is 5.27. The molecule has 2 N–H and O–H groups in total. The van der Waals surface area contributed by atoms with Crippen molar-refractivity contribution in [3.05, 3.63) is 86.5 Å². The number of aromatic amines is 1.